The lowest BCUT2D eigenvalue weighted by Crippen LogP contribution is -2.48. The minimum absolute atomic E-state index is 0.000250. The van der Waals surface area contributed by atoms with Crippen LogP contribution in [0.25, 0.3) is 0 Å². The smallest absolute Gasteiger partial charge is 0.221 e. The summed E-state index contributed by atoms with van der Waals surface area (Å²) in [5.41, 5.74) is 0.678. The molecule has 2 saturated heterocycles. The molecule has 1 atom stereocenters. The van der Waals surface area contributed by atoms with Gasteiger partial charge in [0.15, 0.2) is 0 Å². The number of hydrogen-bond donors (Lipinski definition) is 2. The molecule has 0 saturated carbocycles. The third kappa shape index (κ3) is 4.32. The van der Waals surface area contributed by atoms with Gasteiger partial charge < -0.3 is 20.1 Å². The molecule has 132 valence electrons. The van der Waals surface area contributed by atoms with Gasteiger partial charge in [0.05, 0.1) is 13.2 Å². The lowest BCUT2D eigenvalue weighted by atomic mass is 9.74. The van der Waals surface area contributed by atoms with Crippen molar-refractivity contribution in [1.82, 2.24) is 10.6 Å². The van der Waals surface area contributed by atoms with E-state index in [9.17, 15) is 9.18 Å². The summed E-state index contributed by atoms with van der Waals surface area (Å²) in [7, 11) is 0. The first kappa shape index (κ1) is 17.3. The van der Waals surface area contributed by atoms with Crippen molar-refractivity contribution in [2.45, 2.75) is 30.7 Å². The molecule has 0 spiro atoms. The lowest BCUT2D eigenvalue weighted by Gasteiger charge is -2.38. The molecule has 0 aromatic heterocycles. The second kappa shape index (κ2) is 8.05. The molecule has 3 rings (SSSR count). The average molecular weight is 336 g/mol. The molecule has 2 aliphatic heterocycles. The zero-order valence-corrected chi connectivity index (χ0v) is 13.9. The second-order valence-corrected chi connectivity index (χ2v) is 6.61. The van der Waals surface area contributed by atoms with Gasteiger partial charge in [0.2, 0.25) is 5.91 Å². The summed E-state index contributed by atoms with van der Waals surface area (Å²) in [4.78, 5) is 12.3. The summed E-state index contributed by atoms with van der Waals surface area (Å²) in [6.45, 7) is 3.81. The molecule has 0 bridgehead atoms. The number of carbonyl (C=O) groups is 1. The molecular formula is C18H25FN2O3. The molecular weight excluding hydrogens is 311 g/mol. The summed E-state index contributed by atoms with van der Waals surface area (Å²) >= 11 is 0. The highest BCUT2D eigenvalue weighted by Gasteiger charge is 2.35. The number of benzene rings is 1. The van der Waals surface area contributed by atoms with Crippen molar-refractivity contribution in [1.29, 1.82) is 0 Å². The molecule has 5 nitrogen and oxygen atoms in total. The molecule has 2 heterocycles. The van der Waals surface area contributed by atoms with Crippen LogP contribution in [0.3, 0.4) is 0 Å². The van der Waals surface area contributed by atoms with Crippen molar-refractivity contribution >= 4 is 5.91 Å². The first-order valence-corrected chi connectivity index (χ1v) is 8.60. The predicted octanol–water partition coefficient (Wildman–Crippen LogP) is 1.37. The summed E-state index contributed by atoms with van der Waals surface area (Å²) in [6, 6.07) is 6.76. The third-order valence-electron chi connectivity index (χ3n) is 4.94. The Labute approximate surface area is 141 Å². The van der Waals surface area contributed by atoms with Gasteiger partial charge >= 0.3 is 0 Å². The molecule has 0 unspecified atom stereocenters. The van der Waals surface area contributed by atoms with Gasteiger partial charge in [-0.05, 0) is 30.5 Å². The number of ether oxygens (including phenoxy) is 2. The minimum atomic E-state index is -0.257. The van der Waals surface area contributed by atoms with E-state index in [1.54, 1.807) is 12.1 Å². The van der Waals surface area contributed by atoms with Gasteiger partial charge in [0.25, 0.3) is 0 Å². The Kier molecular flexibility index (Phi) is 5.81. The Balaban J connectivity index is 1.63. The Morgan fingerprint density at radius 3 is 2.83 bits per heavy atom. The van der Waals surface area contributed by atoms with Crippen LogP contribution in [0, 0.1) is 5.82 Å². The van der Waals surface area contributed by atoms with Crippen molar-refractivity contribution in [3.05, 3.63) is 35.6 Å². The summed E-state index contributed by atoms with van der Waals surface area (Å²) in [6.07, 6.45) is 1.96. The van der Waals surface area contributed by atoms with E-state index in [0.29, 0.717) is 39.4 Å². The highest BCUT2D eigenvalue weighted by Crippen LogP contribution is 2.34. The third-order valence-corrected chi connectivity index (χ3v) is 4.94. The minimum Gasteiger partial charge on any atom is -0.381 e. The predicted molar refractivity (Wildman–Crippen MR) is 88.4 cm³/mol. The number of hydrogen-bond acceptors (Lipinski definition) is 4. The van der Waals surface area contributed by atoms with Gasteiger partial charge in [-0.2, -0.15) is 0 Å². The molecule has 1 amide bonds. The molecule has 24 heavy (non-hydrogen) atoms. The van der Waals surface area contributed by atoms with E-state index in [2.05, 4.69) is 10.6 Å². The van der Waals surface area contributed by atoms with Gasteiger partial charge in [0, 0.05) is 44.2 Å². The van der Waals surface area contributed by atoms with Crippen LogP contribution in [0.15, 0.2) is 24.3 Å². The molecule has 1 aromatic rings. The largest absolute Gasteiger partial charge is 0.381 e. The monoisotopic (exact) mass is 336 g/mol. The van der Waals surface area contributed by atoms with Crippen LogP contribution in [0.1, 0.15) is 24.8 Å². The topological polar surface area (TPSA) is 59.6 Å². The average Bonchev–Trinajstić information content (AvgIpc) is 2.62. The van der Waals surface area contributed by atoms with Crippen molar-refractivity contribution in [3.8, 4) is 0 Å². The number of carbonyl (C=O) groups excluding carboxylic acids is 1. The van der Waals surface area contributed by atoms with Crippen LogP contribution in [0.2, 0.25) is 0 Å². The Hall–Kier alpha value is -1.50. The number of morpholine rings is 1. The van der Waals surface area contributed by atoms with E-state index in [4.69, 9.17) is 9.47 Å². The molecule has 2 aliphatic rings. The van der Waals surface area contributed by atoms with Crippen LogP contribution >= 0.6 is 0 Å². The van der Waals surface area contributed by atoms with Gasteiger partial charge in [-0.15, -0.1) is 0 Å². The Bertz CT molecular complexity index is 555. The maximum atomic E-state index is 13.7. The maximum Gasteiger partial charge on any atom is 0.221 e. The molecule has 2 fully saturated rings. The van der Waals surface area contributed by atoms with Crippen LogP contribution in [0.5, 0.6) is 0 Å². The molecule has 2 N–H and O–H groups in total. The van der Waals surface area contributed by atoms with E-state index >= 15 is 0 Å². The van der Waals surface area contributed by atoms with E-state index in [1.165, 1.54) is 6.07 Å². The van der Waals surface area contributed by atoms with Crippen LogP contribution in [0.4, 0.5) is 4.39 Å². The lowest BCUT2D eigenvalue weighted by molar-refractivity contribution is -0.122. The second-order valence-electron chi connectivity index (χ2n) is 6.61. The number of nitrogens with one attached hydrogen (secondary N) is 2. The van der Waals surface area contributed by atoms with Crippen molar-refractivity contribution in [2.24, 2.45) is 0 Å². The highest BCUT2D eigenvalue weighted by atomic mass is 19.1. The summed E-state index contributed by atoms with van der Waals surface area (Å²) in [5, 5.41) is 6.33. The van der Waals surface area contributed by atoms with Crippen molar-refractivity contribution in [2.75, 3.05) is 39.5 Å². The quantitative estimate of drug-likeness (QED) is 0.853. The van der Waals surface area contributed by atoms with Gasteiger partial charge in [-0.3, -0.25) is 4.79 Å². The molecule has 6 heteroatoms. The van der Waals surface area contributed by atoms with Crippen LogP contribution in [-0.4, -0.2) is 51.5 Å². The fourth-order valence-electron chi connectivity index (χ4n) is 3.46. The van der Waals surface area contributed by atoms with Crippen molar-refractivity contribution < 1.29 is 18.7 Å². The number of halogens is 1. The van der Waals surface area contributed by atoms with Gasteiger partial charge in [-0.1, -0.05) is 12.1 Å². The summed E-state index contributed by atoms with van der Waals surface area (Å²) in [5.74, 6) is -0.242. The van der Waals surface area contributed by atoms with Crippen molar-refractivity contribution in [3.63, 3.8) is 0 Å². The van der Waals surface area contributed by atoms with Gasteiger partial charge in [0.1, 0.15) is 5.82 Å². The normalized spacial score (nSPS) is 23.6. The van der Waals surface area contributed by atoms with Crippen LogP contribution in [-0.2, 0) is 19.7 Å². The molecule has 1 aromatic carbocycles. The zero-order chi connectivity index (χ0) is 16.8. The first-order valence-electron chi connectivity index (χ1n) is 8.60. The highest BCUT2D eigenvalue weighted by molar-refractivity contribution is 5.76. The SMILES string of the molecule is O=C(C[C@H]1COCCN1)NCC1(c2cccc(F)c2)CCOCC1. The zero-order valence-electron chi connectivity index (χ0n) is 13.9. The Morgan fingerprint density at radius 2 is 2.12 bits per heavy atom. The number of rotatable bonds is 5. The van der Waals surface area contributed by atoms with E-state index in [1.807, 2.05) is 6.07 Å². The standard InChI is InChI=1S/C18H25FN2O3/c19-15-3-1-2-14(10-15)18(4-7-23-8-5-18)13-21-17(22)11-16-12-24-9-6-20-16/h1-3,10,16,20H,4-9,11-13H2,(H,21,22)/t16-/m0/s1. The number of amides is 1. The van der Waals surface area contributed by atoms with E-state index in [0.717, 1.165) is 24.9 Å². The molecule has 0 aliphatic carbocycles. The van der Waals surface area contributed by atoms with Crippen LogP contribution < -0.4 is 10.6 Å². The fourth-order valence-corrected chi connectivity index (χ4v) is 3.46. The van der Waals surface area contributed by atoms with E-state index in [-0.39, 0.29) is 23.2 Å². The Morgan fingerprint density at radius 1 is 1.29 bits per heavy atom. The van der Waals surface area contributed by atoms with E-state index < -0.39 is 0 Å². The summed E-state index contributed by atoms with van der Waals surface area (Å²) < 4.78 is 24.5. The van der Waals surface area contributed by atoms with Gasteiger partial charge in [-0.25, -0.2) is 4.39 Å². The fraction of sp³-hybridized carbons (Fsp3) is 0.611. The first-order chi connectivity index (χ1) is 11.7. The maximum absolute atomic E-state index is 13.7. The molecule has 0 radical (unpaired) electrons.